The van der Waals surface area contributed by atoms with Gasteiger partial charge in [0, 0.05) is 17.3 Å². The van der Waals surface area contributed by atoms with Gasteiger partial charge in [0.25, 0.3) is 0 Å². The number of hydrogen-bond donors (Lipinski definition) is 1. The fourth-order valence-electron chi connectivity index (χ4n) is 2.24. The van der Waals surface area contributed by atoms with Crippen LogP contribution in [-0.4, -0.2) is 23.6 Å². The van der Waals surface area contributed by atoms with Crippen LogP contribution in [0.1, 0.15) is 52.9 Å². The zero-order valence-corrected chi connectivity index (χ0v) is 11.6. The molecule has 0 aromatic rings. The van der Waals surface area contributed by atoms with Crippen LogP contribution < -0.4 is 5.32 Å². The van der Waals surface area contributed by atoms with Crippen molar-refractivity contribution in [2.75, 3.05) is 12.8 Å². The third kappa shape index (κ3) is 4.78. The first-order valence-electron chi connectivity index (χ1n) is 6.36. The Balaban J connectivity index is 2.19. The summed E-state index contributed by atoms with van der Waals surface area (Å²) in [5, 5.41) is 3.74. The largest absolute Gasteiger partial charge is 0.313 e. The molecule has 0 aliphatic heterocycles. The monoisotopic (exact) mass is 229 g/mol. The first kappa shape index (κ1) is 13.4. The molecule has 1 rings (SSSR count). The van der Waals surface area contributed by atoms with E-state index >= 15 is 0 Å². The van der Waals surface area contributed by atoms with Gasteiger partial charge in [-0.05, 0) is 51.7 Å². The van der Waals surface area contributed by atoms with Crippen LogP contribution in [0.2, 0.25) is 0 Å². The first-order chi connectivity index (χ1) is 7.07. The fraction of sp³-hybridized carbons (Fsp3) is 1.00. The van der Waals surface area contributed by atoms with Crippen LogP contribution in [0, 0.1) is 5.92 Å². The second-order valence-electron chi connectivity index (χ2n) is 5.47. The molecule has 0 unspecified atom stereocenters. The van der Waals surface area contributed by atoms with Crippen molar-refractivity contribution in [3.05, 3.63) is 0 Å². The highest BCUT2D eigenvalue weighted by atomic mass is 32.2. The van der Waals surface area contributed by atoms with Crippen LogP contribution in [0.4, 0.5) is 0 Å². The summed E-state index contributed by atoms with van der Waals surface area (Å²) in [6, 6.07) is 0.791. The van der Waals surface area contributed by atoms with Crippen LogP contribution >= 0.6 is 11.8 Å². The van der Waals surface area contributed by atoms with Gasteiger partial charge in [-0.1, -0.05) is 13.3 Å². The van der Waals surface area contributed by atoms with E-state index in [1.54, 1.807) is 0 Å². The SMILES string of the molecule is CCC1CCC(NCC(C)(C)SC)CC1. The lowest BCUT2D eigenvalue weighted by Crippen LogP contribution is -2.40. The van der Waals surface area contributed by atoms with Crippen LogP contribution in [0.25, 0.3) is 0 Å². The quantitative estimate of drug-likeness (QED) is 0.772. The van der Waals surface area contributed by atoms with Crippen molar-refractivity contribution >= 4 is 11.8 Å². The van der Waals surface area contributed by atoms with Crippen molar-refractivity contribution in [2.45, 2.75) is 63.7 Å². The van der Waals surface area contributed by atoms with Gasteiger partial charge < -0.3 is 5.32 Å². The molecule has 1 N–H and O–H groups in total. The molecule has 2 heteroatoms. The molecular formula is C13H27NS. The number of rotatable bonds is 5. The first-order valence-corrected chi connectivity index (χ1v) is 7.58. The van der Waals surface area contributed by atoms with Gasteiger partial charge >= 0.3 is 0 Å². The van der Waals surface area contributed by atoms with Gasteiger partial charge in [-0.25, -0.2) is 0 Å². The van der Waals surface area contributed by atoms with Gasteiger partial charge in [0.2, 0.25) is 0 Å². The van der Waals surface area contributed by atoms with Crippen molar-refractivity contribution in [1.82, 2.24) is 5.32 Å². The van der Waals surface area contributed by atoms with E-state index in [1.165, 1.54) is 32.1 Å². The predicted octanol–water partition coefficient (Wildman–Crippen LogP) is 3.69. The summed E-state index contributed by atoms with van der Waals surface area (Å²) in [6.45, 7) is 8.12. The lowest BCUT2D eigenvalue weighted by Gasteiger charge is -2.31. The molecule has 1 aliphatic carbocycles. The normalized spacial score (nSPS) is 28.0. The molecule has 1 fully saturated rings. The van der Waals surface area contributed by atoms with E-state index in [2.05, 4.69) is 32.3 Å². The van der Waals surface area contributed by atoms with Crippen molar-refractivity contribution in [1.29, 1.82) is 0 Å². The van der Waals surface area contributed by atoms with Crippen molar-refractivity contribution in [3.63, 3.8) is 0 Å². The standard InChI is InChI=1S/C13H27NS/c1-5-11-6-8-12(9-7-11)14-10-13(2,3)15-4/h11-12,14H,5-10H2,1-4H3. The average Bonchev–Trinajstić information content (AvgIpc) is 2.27. The Morgan fingerprint density at radius 2 is 1.80 bits per heavy atom. The molecular weight excluding hydrogens is 202 g/mol. The second-order valence-corrected chi connectivity index (χ2v) is 6.98. The molecule has 1 aliphatic rings. The van der Waals surface area contributed by atoms with E-state index < -0.39 is 0 Å². The van der Waals surface area contributed by atoms with Gasteiger partial charge in [0.1, 0.15) is 0 Å². The number of nitrogens with one attached hydrogen (secondary N) is 1. The maximum absolute atomic E-state index is 3.74. The van der Waals surface area contributed by atoms with Gasteiger partial charge in [-0.2, -0.15) is 11.8 Å². The van der Waals surface area contributed by atoms with E-state index in [4.69, 9.17) is 0 Å². The molecule has 0 amide bonds. The minimum atomic E-state index is 0.390. The van der Waals surface area contributed by atoms with Gasteiger partial charge in [0.15, 0.2) is 0 Å². The number of thioether (sulfide) groups is 1. The molecule has 1 saturated carbocycles. The van der Waals surface area contributed by atoms with E-state index in [1.807, 2.05) is 11.8 Å². The Bertz CT molecular complexity index is 171. The Morgan fingerprint density at radius 3 is 2.27 bits per heavy atom. The van der Waals surface area contributed by atoms with Crippen LogP contribution in [0.5, 0.6) is 0 Å². The molecule has 15 heavy (non-hydrogen) atoms. The van der Waals surface area contributed by atoms with E-state index in [0.29, 0.717) is 4.75 Å². The minimum absolute atomic E-state index is 0.390. The van der Waals surface area contributed by atoms with Crippen molar-refractivity contribution < 1.29 is 0 Å². The molecule has 90 valence electrons. The summed E-state index contributed by atoms with van der Waals surface area (Å²) >= 11 is 1.96. The van der Waals surface area contributed by atoms with Crippen LogP contribution in [0.15, 0.2) is 0 Å². The summed E-state index contributed by atoms with van der Waals surface area (Å²) in [5.74, 6) is 1.01. The van der Waals surface area contributed by atoms with Gasteiger partial charge in [-0.3, -0.25) is 0 Å². The van der Waals surface area contributed by atoms with E-state index in [9.17, 15) is 0 Å². The highest BCUT2D eigenvalue weighted by molar-refractivity contribution is 7.99. The lowest BCUT2D eigenvalue weighted by atomic mass is 9.84. The molecule has 0 aromatic heterocycles. The molecule has 0 bridgehead atoms. The summed E-state index contributed by atoms with van der Waals surface area (Å²) in [6.07, 6.45) is 9.24. The van der Waals surface area contributed by atoms with E-state index in [0.717, 1.165) is 18.5 Å². The van der Waals surface area contributed by atoms with Crippen molar-refractivity contribution in [3.8, 4) is 0 Å². The average molecular weight is 229 g/mol. The Kier molecular flexibility index (Phi) is 5.48. The maximum atomic E-state index is 3.74. The zero-order chi connectivity index (χ0) is 11.3. The second kappa shape index (κ2) is 6.15. The van der Waals surface area contributed by atoms with Crippen LogP contribution in [-0.2, 0) is 0 Å². The zero-order valence-electron chi connectivity index (χ0n) is 10.8. The summed E-state index contributed by atoms with van der Waals surface area (Å²) < 4.78 is 0.390. The topological polar surface area (TPSA) is 12.0 Å². The molecule has 0 saturated heterocycles. The van der Waals surface area contributed by atoms with Crippen LogP contribution in [0.3, 0.4) is 0 Å². The third-order valence-electron chi connectivity index (χ3n) is 3.79. The fourth-order valence-corrected chi connectivity index (χ4v) is 2.46. The molecule has 0 spiro atoms. The summed E-state index contributed by atoms with van der Waals surface area (Å²) in [4.78, 5) is 0. The molecule has 1 nitrogen and oxygen atoms in total. The molecule has 0 aromatic carbocycles. The third-order valence-corrected chi connectivity index (χ3v) is 5.04. The summed E-state index contributed by atoms with van der Waals surface area (Å²) in [5.41, 5.74) is 0. The van der Waals surface area contributed by atoms with E-state index in [-0.39, 0.29) is 0 Å². The Morgan fingerprint density at radius 1 is 1.20 bits per heavy atom. The maximum Gasteiger partial charge on any atom is 0.0225 e. The molecule has 0 radical (unpaired) electrons. The highest BCUT2D eigenvalue weighted by Crippen LogP contribution is 2.27. The van der Waals surface area contributed by atoms with Crippen molar-refractivity contribution in [2.24, 2.45) is 5.92 Å². The molecule has 0 atom stereocenters. The van der Waals surface area contributed by atoms with Gasteiger partial charge in [0.05, 0.1) is 0 Å². The van der Waals surface area contributed by atoms with Gasteiger partial charge in [-0.15, -0.1) is 0 Å². The Labute approximate surface area is 99.8 Å². The summed E-state index contributed by atoms with van der Waals surface area (Å²) in [7, 11) is 0. The minimum Gasteiger partial charge on any atom is -0.313 e. The lowest BCUT2D eigenvalue weighted by molar-refractivity contribution is 0.283. The predicted molar refractivity (Wildman–Crippen MR) is 71.6 cm³/mol. The smallest absolute Gasteiger partial charge is 0.0225 e. The number of hydrogen-bond acceptors (Lipinski definition) is 2. The Hall–Kier alpha value is 0.310. The highest BCUT2D eigenvalue weighted by Gasteiger charge is 2.22. The molecule has 0 heterocycles.